The molecule has 1 aliphatic rings. The van der Waals surface area contributed by atoms with Crippen LogP contribution in [-0.4, -0.2) is 47.7 Å². The van der Waals surface area contributed by atoms with E-state index in [1.165, 1.54) is 0 Å². The minimum absolute atomic E-state index is 0.0991. The summed E-state index contributed by atoms with van der Waals surface area (Å²) in [7, 11) is 0. The first-order valence-corrected chi connectivity index (χ1v) is 9.22. The highest BCUT2D eigenvalue weighted by Gasteiger charge is 2.39. The van der Waals surface area contributed by atoms with Crippen LogP contribution < -0.4 is 10.5 Å². The molecule has 1 aromatic heterocycles. The van der Waals surface area contributed by atoms with Crippen LogP contribution >= 0.6 is 22.9 Å². The molecule has 1 aliphatic heterocycles. The Morgan fingerprint density at radius 2 is 2.40 bits per heavy atom. The van der Waals surface area contributed by atoms with Gasteiger partial charge in [-0.25, -0.2) is 4.98 Å². The zero-order valence-electron chi connectivity index (χ0n) is 13.7. The maximum atomic E-state index is 11.6. The molecule has 25 heavy (non-hydrogen) atoms. The van der Waals surface area contributed by atoms with E-state index in [-0.39, 0.29) is 13.0 Å². The highest BCUT2D eigenvalue weighted by Crippen LogP contribution is 2.26. The molecule has 0 radical (unpaired) electrons. The molecule has 1 atom stereocenters. The lowest BCUT2D eigenvalue weighted by atomic mass is 9.97. The largest absolute Gasteiger partial charge is 0.490 e. The number of carbonyl (C=O) groups excluding carboxylic acids is 1. The van der Waals surface area contributed by atoms with Crippen molar-refractivity contribution in [1.82, 2.24) is 9.88 Å². The number of nitrogens with zero attached hydrogens (tertiary/aromatic N) is 2. The molecule has 1 fully saturated rings. The number of amides is 1. The summed E-state index contributed by atoms with van der Waals surface area (Å²) in [6, 6.07) is 7.14. The van der Waals surface area contributed by atoms with Crippen LogP contribution in [0.5, 0.6) is 5.75 Å². The highest BCUT2D eigenvalue weighted by molar-refractivity contribution is 7.09. The Kier molecular flexibility index (Phi) is 5.90. The lowest BCUT2D eigenvalue weighted by Gasteiger charge is -2.41. The Morgan fingerprint density at radius 1 is 1.52 bits per heavy atom. The molecule has 0 aliphatic carbocycles. The van der Waals surface area contributed by atoms with Crippen molar-refractivity contribution in [3.8, 4) is 5.75 Å². The zero-order chi connectivity index (χ0) is 17.7. The third-order valence-corrected chi connectivity index (χ3v) is 4.96. The van der Waals surface area contributed by atoms with Crippen LogP contribution in [0.2, 0.25) is 5.02 Å². The molecular weight excluding hydrogens is 362 g/mol. The van der Waals surface area contributed by atoms with E-state index in [0.717, 1.165) is 18.1 Å². The van der Waals surface area contributed by atoms with Crippen LogP contribution in [0.1, 0.15) is 11.4 Å². The van der Waals surface area contributed by atoms with Gasteiger partial charge in [0.25, 0.3) is 0 Å². The summed E-state index contributed by atoms with van der Waals surface area (Å²) in [6.07, 6.45) is 1.89. The second-order valence-electron chi connectivity index (χ2n) is 6.06. The minimum atomic E-state index is -0.774. The second kappa shape index (κ2) is 8.14. The number of ether oxygens (including phenoxy) is 2. The summed E-state index contributed by atoms with van der Waals surface area (Å²) in [5.74, 6) is 0.225. The van der Waals surface area contributed by atoms with Crippen LogP contribution in [0.25, 0.3) is 0 Å². The monoisotopic (exact) mass is 381 g/mol. The van der Waals surface area contributed by atoms with Gasteiger partial charge in [-0.05, 0) is 18.2 Å². The molecule has 2 heterocycles. The van der Waals surface area contributed by atoms with Gasteiger partial charge in [-0.3, -0.25) is 9.69 Å². The third-order valence-electron chi connectivity index (χ3n) is 3.96. The molecule has 134 valence electrons. The molecule has 0 saturated carbocycles. The summed E-state index contributed by atoms with van der Waals surface area (Å²) in [4.78, 5) is 18.1. The molecular formula is C17H20ClN3O3S. The van der Waals surface area contributed by atoms with Gasteiger partial charge in [-0.2, -0.15) is 0 Å². The smallest absolute Gasteiger partial charge is 0.220 e. The summed E-state index contributed by atoms with van der Waals surface area (Å²) >= 11 is 7.60. The highest BCUT2D eigenvalue weighted by atomic mass is 35.5. The van der Waals surface area contributed by atoms with Crippen molar-refractivity contribution in [2.75, 3.05) is 26.3 Å². The second-order valence-corrected chi connectivity index (χ2v) is 7.47. The molecule has 2 N–H and O–H groups in total. The average molecular weight is 382 g/mol. The summed E-state index contributed by atoms with van der Waals surface area (Å²) in [6.45, 7) is 2.79. The number of benzene rings is 1. The number of rotatable bonds is 7. The molecule has 1 saturated heterocycles. The Balaban J connectivity index is 1.69. The van der Waals surface area contributed by atoms with Gasteiger partial charge >= 0.3 is 0 Å². The summed E-state index contributed by atoms with van der Waals surface area (Å²) in [5, 5.41) is 3.58. The lowest BCUT2D eigenvalue weighted by Crippen LogP contribution is -2.56. The fourth-order valence-corrected chi connectivity index (χ4v) is 3.75. The Bertz CT molecular complexity index is 713. The summed E-state index contributed by atoms with van der Waals surface area (Å²) < 4.78 is 11.8. The number of hydrogen-bond acceptors (Lipinski definition) is 6. The van der Waals surface area contributed by atoms with Crippen molar-refractivity contribution in [2.24, 2.45) is 5.73 Å². The number of nitrogens with two attached hydrogens (primary N) is 1. The van der Waals surface area contributed by atoms with E-state index in [1.54, 1.807) is 29.7 Å². The van der Waals surface area contributed by atoms with Gasteiger partial charge < -0.3 is 15.2 Å². The maximum Gasteiger partial charge on any atom is 0.220 e. The summed E-state index contributed by atoms with van der Waals surface area (Å²) in [5.41, 5.74) is 4.68. The minimum Gasteiger partial charge on any atom is -0.490 e. The fraction of sp³-hybridized carbons (Fsp3) is 0.412. The topological polar surface area (TPSA) is 77.7 Å². The van der Waals surface area contributed by atoms with Gasteiger partial charge in [-0.1, -0.05) is 17.7 Å². The van der Waals surface area contributed by atoms with Crippen LogP contribution in [-0.2, 0) is 16.1 Å². The number of aromatic nitrogens is 1. The normalized spacial score (nSPS) is 21.2. The number of thiazole rings is 1. The zero-order valence-corrected chi connectivity index (χ0v) is 15.3. The van der Waals surface area contributed by atoms with Crippen molar-refractivity contribution in [1.29, 1.82) is 0 Å². The van der Waals surface area contributed by atoms with Crippen LogP contribution in [0, 0.1) is 0 Å². The van der Waals surface area contributed by atoms with Crippen LogP contribution in [0.15, 0.2) is 35.8 Å². The molecule has 8 heteroatoms. The lowest BCUT2D eigenvalue weighted by molar-refractivity contribution is -0.148. The molecule has 6 nitrogen and oxygen atoms in total. The van der Waals surface area contributed by atoms with E-state index in [0.29, 0.717) is 23.9 Å². The predicted octanol–water partition coefficient (Wildman–Crippen LogP) is 2.32. The van der Waals surface area contributed by atoms with Gasteiger partial charge in [-0.15, -0.1) is 11.3 Å². The number of primary amides is 1. The standard InChI is InChI=1S/C17H20ClN3O3S/c18-13-2-1-3-14(8-13)23-12-17(9-15(19)22)11-21(5-6-24-17)10-16-20-4-7-25-16/h1-4,7-8H,5-6,9-12H2,(H2,19,22)/t17-/m1/s1. The molecule has 0 bridgehead atoms. The van der Waals surface area contributed by atoms with Crippen LogP contribution in [0.4, 0.5) is 0 Å². The Hall–Kier alpha value is -1.67. The molecule has 3 rings (SSSR count). The Morgan fingerprint density at radius 3 is 3.12 bits per heavy atom. The van der Waals surface area contributed by atoms with Gasteiger partial charge in [0, 0.05) is 29.7 Å². The quantitative estimate of drug-likeness (QED) is 0.796. The van der Waals surface area contributed by atoms with Gasteiger partial charge in [0.1, 0.15) is 23.0 Å². The first-order valence-electron chi connectivity index (χ1n) is 7.96. The average Bonchev–Trinajstić information content (AvgIpc) is 3.06. The molecule has 0 spiro atoms. The van der Waals surface area contributed by atoms with E-state index in [4.69, 9.17) is 26.8 Å². The van der Waals surface area contributed by atoms with Gasteiger partial charge in [0.05, 0.1) is 19.6 Å². The predicted molar refractivity (Wildman–Crippen MR) is 96.8 cm³/mol. The first kappa shape index (κ1) is 18.1. The van der Waals surface area contributed by atoms with E-state index < -0.39 is 11.5 Å². The van der Waals surface area contributed by atoms with E-state index >= 15 is 0 Å². The number of morpholine rings is 1. The van der Waals surface area contributed by atoms with Crippen molar-refractivity contribution >= 4 is 28.8 Å². The SMILES string of the molecule is NC(=O)C[C@]1(COc2cccc(Cl)c2)CN(Cc2nccs2)CCO1. The van der Waals surface area contributed by atoms with Crippen molar-refractivity contribution in [3.63, 3.8) is 0 Å². The number of halogens is 1. The Labute approximate surface area is 155 Å². The van der Waals surface area contributed by atoms with E-state index in [9.17, 15) is 4.79 Å². The van der Waals surface area contributed by atoms with E-state index in [1.807, 2.05) is 17.5 Å². The van der Waals surface area contributed by atoms with Crippen molar-refractivity contribution < 1.29 is 14.3 Å². The molecule has 0 unspecified atom stereocenters. The van der Waals surface area contributed by atoms with Gasteiger partial charge in [0.15, 0.2) is 0 Å². The number of carbonyl (C=O) groups is 1. The van der Waals surface area contributed by atoms with Crippen molar-refractivity contribution in [3.05, 3.63) is 45.9 Å². The molecule has 1 amide bonds. The van der Waals surface area contributed by atoms with E-state index in [2.05, 4.69) is 9.88 Å². The van der Waals surface area contributed by atoms with Crippen LogP contribution in [0.3, 0.4) is 0 Å². The maximum absolute atomic E-state index is 11.6. The van der Waals surface area contributed by atoms with Gasteiger partial charge in [0.2, 0.25) is 5.91 Å². The number of hydrogen-bond donors (Lipinski definition) is 1. The molecule has 1 aromatic carbocycles. The van der Waals surface area contributed by atoms with Crippen molar-refractivity contribution in [2.45, 2.75) is 18.6 Å². The first-order chi connectivity index (χ1) is 12.0. The molecule has 2 aromatic rings. The fourth-order valence-electron chi connectivity index (χ4n) is 2.92. The third kappa shape index (κ3) is 5.15.